The first-order chi connectivity index (χ1) is 42.0. The summed E-state index contributed by atoms with van der Waals surface area (Å²) < 4.78 is 6.01. The molecule has 506 valence electrons. The van der Waals surface area contributed by atoms with Crippen molar-refractivity contribution in [3.63, 3.8) is 0 Å². The highest BCUT2D eigenvalue weighted by molar-refractivity contribution is 6.00. The minimum atomic E-state index is -2.40. The number of nitrogens with one attached hydrogen (secondary N) is 9. The van der Waals surface area contributed by atoms with Gasteiger partial charge in [-0.05, 0) is 74.2 Å². The Morgan fingerprint density at radius 3 is 1.81 bits per heavy atom. The van der Waals surface area contributed by atoms with E-state index in [1.807, 2.05) is 13.8 Å². The van der Waals surface area contributed by atoms with Crippen molar-refractivity contribution >= 4 is 76.5 Å². The molecular formula is C61H100N12O17. The molecule has 0 radical (unpaired) electrons. The molecule has 0 bridgehead atoms. The third kappa shape index (κ3) is 25.8. The number of rotatable bonds is 23. The summed E-state index contributed by atoms with van der Waals surface area (Å²) in [5, 5.41) is 72.3. The number of benzene rings is 1. The molecule has 0 aliphatic carbocycles. The van der Waals surface area contributed by atoms with E-state index in [-0.39, 0.29) is 74.3 Å². The SMILES string of the molecule is CC[C@H](C)[C@@H]1NC(=O)[C@@H](CCCNC(=N)N)CC(=O)[C@H](CC(C)C)NC(=O)[C@H]([C@H](O)C(C)C)NC(=O)[C@@H](NC(=O)[C@H](CC(C)C)NC(=O)[C@H](N)CC(C)C)[C@@H](c2ccccc2)OC(=O)[C@H](CO)CC(=O)[C@H]([C@H](O)C(N)=O)CC(=O)CNC(=O)[C@H]([C@H](C)O)NC1=O. The average Bonchev–Trinajstić information content (AvgIpc) is 1.47. The van der Waals surface area contributed by atoms with Gasteiger partial charge in [-0.3, -0.25) is 62.9 Å². The molecule has 8 amide bonds. The maximum atomic E-state index is 15.4. The molecule has 19 N–H and O–H groups in total. The monoisotopic (exact) mass is 1270 g/mol. The summed E-state index contributed by atoms with van der Waals surface area (Å²) in [6.45, 7) is 16.0. The Balaban J connectivity index is 3.13. The van der Waals surface area contributed by atoms with Crippen LogP contribution < -0.4 is 59.7 Å². The van der Waals surface area contributed by atoms with Crippen LogP contribution in [0.5, 0.6) is 0 Å². The molecule has 0 aromatic heterocycles. The van der Waals surface area contributed by atoms with E-state index in [1.165, 1.54) is 38.1 Å². The maximum Gasteiger partial charge on any atom is 0.312 e. The molecular weight excluding hydrogens is 1170 g/mol. The number of cyclic esters (lactones) is 1. The number of hydrogen-bond acceptors (Lipinski definition) is 19. The zero-order valence-electron chi connectivity index (χ0n) is 53.7. The van der Waals surface area contributed by atoms with Gasteiger partial charge in [-0.25, -0.2) is 0 Å². The number of guanidine groups is 1. The number of carbonyl (C=O) groups is 12. The van der Waals surface area contributed by atoms with Gasteiger partial charge in [0.05, 0.1) is 49.3 Å². The Kier molecular flexibility index (Phi) is 33.4. The van der Waals surface area contributed by atoms with Crippen LogP contribution >= 0.6 is 0 Å². The topological polar surface area (TPSA) is 493 Å². The van der Waals surface area contributed by atoms with Crippen LogP contribution in [0.25, 0.3) is 0 Å². The Morgan fingerprint density at radius 2 is 1.28 bits per heavy atom. The third-order valence-corrected chi connectivity index (χ3v) is 15.4. The minimum Gasteiger partial charge on any atom is -0.454 e. The van der Waals surface area contributed by atoms with Crippen LogP contribution in [0.15, 0.2) is 30.3 Å². The summed E-state index contributed by atoms with van der Waals surface area (Å²) in [6.07, 6.45) is -10.1. The van der Waals surface area contributed by atoms with Crippen molar-refractivity contribution in [1.29, 1.82) is 5.41 Å². The first kappa shape index (κ1) is 78.6. The average molecular weight is 1270 g/mol. The number of aliphatic hydroxyl groups excluding tert-OH is 4. The summed E-state index contributed by atoms with van der Waals surface area (Å²) in [4.78, 5) is 171. The van der Waals surface area contributed by atoms with Crippen LogP contribution in [0.4, 0.5) is 0 Å². The van der Waals surface area contributed by atoms with Crippen LogP contribution in [0, 0.1) is 52.8 Å². The van der Waals surface area contributed by atoms with Gasteiger partial charge in [0, 0.05) is 31.7 Å². The normalized spacial score (nSPS) is 25.0. The van der Waals surface area contributed by atoms with Crippen molar-refractivity contribution < 1.29 is 82.7 Å². The second-order valence-electron chi connectivity index (χ2n) is 25.0. The Hall–Kier alpha value is -7.47. The van der Waals surface area contributed by atoms with Crippen LogP contribution in [0.3, 0.4) is 0 Å². The van der Waals surface area contributed by atoms with Gasteiger partial charge in [0.2, 0.25) is 47.3 Å². The molecule has 1 aliphatic heterocycles. The number of Topliss-reactive ketones (excluding diaryl/α,β-unsaturated/α-hetero) is 3. The molecule has 1 fully saturated rings. The summed E-state index contributed by atoms with van der Waals surface area (Å²) >= 11 is 0. The van der Waals surface area contributed by atoms with Gasteiger partial charge in [-0.2, -0.15) is 0 Å². The smallest absolute Gasteiger partial charge is 0.312 e. The standard InChI is InChI=1S/C61H100N12O17/c1-12-33(10)45-57(86)71-46(34(11)75)56(85)67-27-38(76)26-39(50(80)52(63)81)43(77)25-37(28-74)60(89)90-51(35-17-14-13-15-18-35)48(73-55(84)42(23-31(6)7)69-54(83)40(62)21-29(2)3)59(88)72-47(49(79)32(8)9)58(87)68-41(22-30(4)5)44(78)24-36(53(82)70-45)19-16-20-66-61(64)65/h13-15,17-18,29-34,36-37,39-42,45-51,74-75,79-80H,12,16,19-28,62H2,1-11H3,(H2,63,81)(H,67,85)(H,68,87)(H,69,83)(H,70,82)(H,71,86)(H,72,88)(H,73,84)(H4,64,65,66)/t33-,34-,36-,37-,39+,40+,41-,42-,45-,46-,47-,48-,49+,50-,51+/m0/s1. The number of ketones is 3. The largest absolute Gasteiger partial charge is 0.454 e. The van der Waals surface area contributed by atoms with Gasteiger partial charge in [-0.15, -0.1) is 0 Å². The van der Waals surface area contributed by atoms with Crippen molar-refractivity contribution in [3.8, 4) is 0 Å². The first-order valence-corrected chi connectivity index (χ1v) is 30.7. The predicted molar refractivity (Wildman–Crippen MR) is 329 cm³/mol. The van der Waals surface area contributed by atoms with E-state index in [0.717, 1.165) is 6.92 Å². The quantitative estimate of drug-likeness (QED) is 0.0245. The van der Waals surface area contributed by atoms with Crippen molar-refractivity contribution in [3.05, 3.63) is 35.9 Å². The van der Waals surface area contributed by atoms with E-state index >= 15 is 4.79 Å². The lowest BCUT2D eigenvalue weighted by Gasteiger charge is -2.33. The van der Waals surface area contributed by atoms with E-state index in [1.54, 1.807) is 47.6 Å². The van der Waals surface area contributed by atoms with Crippen LogP contribution in [-0.4, -0.2) is 177 Å². The van der Waals surface area contributed by atoms with Gasteiger partial charge in [0.25, 0.3) is 0 Å². The Labute approximate surface area is 526 Å². The number of primary amides is 1. The fourth-order valence-electron chi connectivity index (χ4n) is 9.99. The van der Waals surface area contributed by atoms with Gasteiger partial charge >= 0.3 is 5.97 Å². The second-order valence-corrected chi connectivity index (χ2v) is 25.0. The lowest BCUT2D eigenvalue weighted by atomic mass is 9.86. The number of nitrogens with two attached hydrogens (primary N) is 3. The Morgan fingerprint density at radius 1 is 0.700 bits per heavy atom. The fraction of sp³-hybridized carbons (Fsp3) is 0.689. The molecule has 1 saturated heterocycles. The molecule has 15 atom stereocenters. The summed E-state index contributed by atoms with van der Waals surface area (Å²) in [5.74, 6) is -20.8. The number of hydrogen-bond donors (Lipinski definition) is 16. The molecule has 1 heterocycles. The number of amides is 8. The zero-order chi connectivity index (χ0) is 68.4. The highest BCUT2D eigenvalue weighted by Gasteiger charge is 2.44. The van der Waals surface area contributed by atoms with E-state index in [0.29, 0.717) is 0 Å². The number of aliphatic hydroxyl groups is 4. The van der Waals surface area contributed by atoms with Crippen molar-refractivity contribution in [2.75, 3.05) is 19.7 Å². The molecule has 2 rings (SSSR count). The van der Waals surface area contributed by atoms with Gasteiger partial charge in [-0.1, -0.05) is 106 Å². The van der Waals surface area contributed by atoms with Gasteiger partial charge in [0.15, 0.2) is 23.6 Å². The van der Waals surface area contributed by atoms with Crippen LogP contribution in [0.1, 0.15) is 146 Å². The van der Waals surface area contributed by atoms with E-state index in [4.69, 9.17) is 27.3 Å². The summed E-state index contributed by atoms with van der Waals surface area (Å²) in [7, 11) is 0. The lowest BCUT2D eigenvalue weighted by Crippen LogP contribution is -2.63. The summed E-state index contributed by atoms with van der Waals surface area (Å²) in [5.41, 5.74) is 17.1. The molecule has 0 unspecified atom stereocenters. The second kappa shape index (κ2) is 38.3. The fourth-order valence-corrected chi connectivity index (χ4v) is 9.99. The molecule has 29 heteroatoms. The Bertz CT molecular complexity index is 2620. The van der Waals surface area contributed by atoms with Crippen LogP contribution in [0.2, 0.25) is 0 Å². The van der Waals surface area contributed by atoms with E-state index < -0.39 is 199 Å². The van der Waals surface area contributed by atoms with Crippen molar-refractivity contribution in [2.24, 2.45) is 64.5 Å². The first-order valence-electron chi connectivity index (χ1n) is 30.7. The molecule has 1 aromatic rings. The number of carbonyl (C=O) groups excluding carboxylic acids is 12. The molecule has 0 spiro atoms. The van der Waals surface area contributed by atoms with Gasteiger partial charge in [0.1, 0.15) is 42.1 Å². The summed E-state index contributed by atoms with van der Waals surface area (Å²) in [6, 6.07) is -4.08. The van der Waals surface area contributed by atoms with E-state index in [9.17, 15) is 73.2 Å². The number of esters is 1. The molecule has 29 nitrogen and oxygen atoms in total. The lowest BCUT2D eigenvalue weighted by molar-refractivity contribution is -0.162. The highest BCUT2D eigenvalue weighted by atomic mass is 16.5. The van der Waals surface area contributed by atoms with E-state index in [2.05, 4.69) is 42.5 Å². The molecule has 1 aromatic carbocycles. The minimum absolute atomic E-state index is 0.0245. The zero-order valence-corrected chi connectivity index (χ0v) is 53.7. The maximum absolute atomic E-state index is 15.4. The van der Waals surface area contributed by atoms with Crippen LogP contribution in [-0.2, 0) is 62.3 Å². The highest BCUT2D eigenvalue weighted by Crippen LogP contribution is 2.28. The predicted octanol–water partition coefficient (Wildman–Crippen LogP) is -1.95. The molecule has 90 heavy (non-hydrogen) atoms. The van der Waals surface area contributed by atoms with Crippen molar-refractivity contribution in [2.45, 2.75) is 201 Å². The molecule has 1 aliphatic rings. The van der Waals surface area contributed by atoms with Crippen molar-refractivity contribution in [1.82, 2.24) is 42.5 Å². The third-order valence-electron chi connectivity index (χ3n) is 15.4. The number of ether oxygens (including phenoxy) is 1. The van der Waals surface area contributed by atoms with Gasteiger partial charge < -0.3 is 84.9 Å². The molecule has 0 saturated carbocycles.